The Morgan fingerprint density at radius 2 is 1.07 bits per heavy atom. The van der Waals surface area contributed by atoms with Crippen molar-refractivity contribution in [3.63, 3.8) is 0 Å². The van der Waals surface area contributed by atoms with Gasteiger partial charge in [-0.1, -0.05) is 96.8 Å². The fourth-order valence-electron chi connectivity index (χ4n) is 2.95. The molecule has 0 amide bonds. The third-order valence-corrected chi connectivity index (χ3v) is 4.64. The summed E-state index contributed by atoms with van der Waals surface area (Å²) in [5.74, 6) is -1.49. The van der Waals surface area contributed by atoms with Gasteiger partial charge in [-0.3, -0.25) is 4.79 Å². The van der Waals surface area contributed by atoms with Gasteiger partial charge in [0.1, 0.15) is 0 Å². The molecule has 0 heterocycles. The van der Waals surface area contributed by atoms with Crippen molar-refractivity contribution >= 4 is 79.2 Å². The van der Waals surface area contributed by atoms with Crippen molar-refractivity contribution in [2.45, 2.75) is 123 Å². The number of esters is 1. The molecule has 0 aromatic heterocycles. The number of carboxylic acids is 1. The number of unbranched alkanes of at least 4 members (excludes halogenated alkanes) is 14. The molecule has 27 heavy (non-hydrogen) atoms. The molecule has 0 rings (SSSR count). The predicted octanol–water partition coefficient (Wildman–Crippen LogP) is 4.70. The van der Waals surface area contributed by atoms with Crippen LogP contribution >= 0.6 is 0 Å². The van der Waals surface area contributed by atoms with Gasteiger partial charge in [-0.2, -0.15) is 0 Å². The molecule has 0 saturated heterocycles. The van der Waals surface area contributed by atoms with E-state index >= 15 is 0 Å². The van der Waals surface area contributed by atoms with Crippen LogP contribution in [0, 0.1) is 0 Å². The number of hydrogen-bond donors (Lipinski definition) is 1. The van der Waals surface area contributed by atoms with E-state index in [1.165, 1.54) is 84.0 Å². The second kappa shape index (κ2) is 25.2. The molecule has 1 N–H and O–H groups in total. The summed E-state index contributed by atoms with van der Waals surface area (Å²) in [4.78, 5) is 22.0. The van der Waals surface area contributed by atoms with Crippen molar-refractivity contribution in [3.8, 4) is 0 Å². The Morgan fingerprint density at radius 3 is 1.41 bits per heavy atom. The van der Waals surface area contributed by atoms with Crippen molar-refractivity contribution in [2.75, 3.05) is 0 Å². The third kappa shape index (κ3) is 25.2. The van der Waals surface area contributed by atoms with Gasteiger partial charge in [-0.25, -0.2) is 4.79 Å². The van der Waals surface area contributed by atoms with Gasteiger partial charge in [0.15, 0.2) is 6.10 Å². The van der Waals surface area contributed by atoms with Gasteiger partial charge in [0.05, 0.1) is 0 Å². The van der Waals surface area contributed by atoms with Crippen LogP contribution in [0.3, 0.4) is 0 Å². The van der Waals surface area contributed by atoms with Crippen LogP contribution in [0.5, 0.6) is 0 Å². The number of aliphatic carboxylic acids is 1. The fraction of sp³-hybridized carbons (Fsp3) is 0.905. The van der Waals surface area contributed by atoms with Crippen LogP contribution in [0.2, 0.25) is 0 Å². The van der Waals surface area contributed by atoms with E-state index in [-0.39, 0.29) is 67.3 Å². The number of carbonyl (C=O) groups excluding carboxylic acids is 1. The Bertz CT molecular complexity index is 340. The van der Waals surface area contributed by atoms with Crippen LogP contribution in [0.4, 0.5) is 0 Å². The summed E-state index contributed by atoms with van der Waals surface area (Å²) < 4.78 is 4.79. The van der Waals surface area contributed by atoms with Gasteiger partial charge in [0.25, 0.3) is 0 Å². The topological polar surface area (TPSA) is 63.6 Å². The SMILES string of the molecule is CCCCCCCCCCCCCCCCCC(=O)OC(C)C(=O)O.[CaH2].[NaH]. The van der Waals surface area contributed by atoms with Crippen molar-refractivity contribution in [2.24, 2.45) is 0 Å². The Hall–Kier alpha value is 1.20. The molecule has 0 aliphatic carbocycles. The molecular weight excluding hydrogens is 379 g/mol. The van der Waals surface area contributed by atoms with Gasteiger partial charge in [-0.15, -0.1) is 0 Å². The molecule has 0 saturated carbocycles. The molecule has 0 aliphatic heterocycles. The first-order chi connectivity index (χ1) is 12.1. The summed E-state index contributed by atoms with van der Waals surface area (Å²) in [6, 6.07) is 0. The summed E-state index contributed by atoms with van der Waals surface area (Å²) in [5, 5.41) is 8.66. The van der Waals surface area contributed by atoms with Crippen LogP contribution in [-0.2, 0) is 14.3 Å². The number of hydrogen-bond acceptors (Lipinski definition) is 3. The Labute approximate surface area is 219 Å². The van der Waals surface area contributed by atoms with Gasteiger partial charge >= 0.3 is 79.2 Å². The van der Waals surface area contributed by atoms with Crippen LogP contribution in [0.25, 0.3) is 0 Å². The molecule has 6 heteroatoms. The van der Waals surface area contributed by atoms with Crippen LogP contribution < -0.4 is 0 Å². The first-order valence-electron chi connectivity index (χ1n) is 10.5. The van der Waals surface area contributed by atoms with Gasteiger partial charge in [0, 0.05) is 6.42 Å². The third-order valence-electron chi connectivity index (χ3n) is 4.64. The minimum absolute atomic E-state index is 0. The van der Waals surface area contributed by atoms with Crippen LogP contribution in [-0.4, -0.2) is 90.4 Å². The van der Waals surface area contributed by atoms with Gasteiger partial charge < -0.3 is 9.84 Å². The number of ether oxygens (including phenoxy) is 1. The molecule has 4 nitrogen and oxygen atoms in total. The Kier molecular flexibility index (Phi) is 30.7. The van der Waals surface area contributed by atoms with Crippen molar-refractivity contribution in [1.82, 2.24) is 0 Å². The molecule has 0 aliphatic rings. The molecule has 0 radical (unpaired) electrons. The molecule has 1 atom stereocenters. The Balaban J connectivity index is -0.00000288. The summed E-state index contributed by atoms with van der Waals surface area (Å²) in [5.41, 5.74) is 0. The first-order valence-corrected chi connectivity index (χ1v) is 10.5. The molecule has 0 aromatic rings. The summed E-state index contributed by atoms with van der Waals surface area (Å²) >= 11 is 0. The normalized spacial score (nSPS) is 11.2. The molecule has 0 aromatic carbocycles. The molecule has 154 valence electrons. The number of rotatable bonds is 18. The molecule has 0 fully saturated rings. The zero-order chi connectivity index (χ0) is 18.8. The van der Waals surface area contributed by atoms with E-state index in [9.17, 15) is 9.59 Å². The predicted molar refractivity (Wildman–Crippen MR) is 118 cm³/mol. The van der Waals surface area contributed by atoms with E-state index < -0.39 is 18.0 Å². The van der Waals surface area contributed by atoms with E-state index in [4.69, 9.17) is 9.84 Å². The first kappa shape index (κ1) is 32.9. The second-order valence-electron chi connectivity index (χ2n) is 7.17. The minimum atomic E-state index is -1.09. The van der Waals surface area contributed by atoms with Gasteiger partial charge in [-0.05, 0) is 13.3 Å². The van der Waals surface area contributed by atoms with Crippen molar-refractivity contribution in [1.29, 1.82) is 0 Å². The zero-order valence-electron chi connectivity index (χ0n) is 16.6. The van der Waals surface area contributed by atoms with E-state index in [0.717, 1.165) is 19.3 Å². The molecule has 1 unspecified atom stereocenters. The maximum absolute atomic E-state index is 11.4. The quantitative estimate of drug-likeness (QED) is 0.198. The van der Waals surface area contributed by atoms with Crippen LogP contribution in [0.1, 0.15) is 117 Å². The number of carboxylic acid groups (broad SMARTS) is 1. The van der Waals surface area contributed by atoms with E-state index in [2.05, 4.69) is 6.92 Å². The zero-order valence-corrected chi connectivity index (χ0v) is 16.6. The van der Waals surface area contributed by atoms with E-state index in [1.807, 2.05) is 0 Å². The van der Waals surface area contributed by atoms with E-state index in [0.29, 0.717) is 6.42 Å². The average Bonchev–Trinajstić information content (AvgIpc) is 2.58. The fourth-order valence-corrected chi connectivity index (χ4v) is 2.95. The summed E-state index contributed by atoms with van der Waals surface area (Å²) in [7, 11) is 0. The maximum atomic E-state index is 11.4. The molecule has 0 bridgehead atoms. The van der Waals surface area contributed by atoms with Gasteiger partial charge in [0.2, 0.25) is 0 Å². The second-order valence-corrected chi connectivity index (χ2v) is 7.17. The van der Waals surface area contributed by atoms with E-state index in [1.54, 1.807) is 0 Å². The standard InChI is InChI=1S/C21H40O4.Ca.Na.3H/c1-3-4-5-6-7-8-9-10-11-12-13-14-15-16-17-18-20(22)25-19(2)21(23)24;;;;;/h19H,3-18H2,1-2H3,(H,23,24);;;;;. The van der Waals surface area contributed by atoms with Crippen molar-refractivity contribution in [3.05, 3.63) is 0 Å². The summed E-state index contributed by atoms with van der Waals surface area (Å²) in [6.45, 7) is 3.64. The molecular formula is C21H43CaNaO4. The van der Waals surface area contributed by atoms with Crippen LogP contribution in [0.15, 0.2) is 0 Å². The monoisotopic (exact) mass is 422 g/mol. The summed E-state index contributed by atoms with van der Waals surface area (Å²) in [6.07, 6.45) is 18.6. The number of carbonyl (C=O) groups is 2. The average molecular weight is 423 g/mol. The molecule has 0 spiro atoms. The Morgan fingerprint density at radius 1 is 0.741 bits per heavy atom. The van der Waals surface area contributed by atoms with Crippen molar-refractivity contribution < 1.29 is 19.4 Å².